The van der Waals surface area contributed by atoms with Crippen LogP contribution in [0.2, 0.25) is 0 Å². The SMILES string of the molecule is CCc1cccc(CC)c1Nc1c(C(N)=S)c(C)nn1C. The summed E-state index contributed by atoms with van der Waals surface area (Å²) in [5.41, 5.74) is 11.2. The van der Waals surface area contributed by atoms with Crippen LogP contribution in [0.5, 0.6) is 0 Å². The molecule has 0 atom stereocenters. The maximum absolute atomic E-state index is 5.86. The Labute approximate surface area is 131 Å². The Morgan fingerprint density at radius 3 is 2.33 bits per heavy atom. The summed E-state index contributed by atoms with van der Waals surface area (Å²) in [6.07, 6.45) is 1.94. The van der Waals surface area contributed by atoms with Gasteiger partial charge in [0, 0.05) is 12.7 Å². The lowest BCUT2D eigenvalue weighted by Crippen LogP contribution is -2.13. The van der Waals surface area contributed by atoms with Gasteiger partial charge in [0.2, 0.25) is 0 Å². The van der Waals surface area contributed by atoms with Crippen molar-refractivity contribution < 1.29 is 0 Å². The summed E-state index contributed by atoms with van der Waals surface area (Å²) in [7, 11) is 1.90. The van der Waals surface area contributed by atoms with Gasteiger partial charge in [-0.15, -0.1) is 0 Å². The first-order valence-corrected chi connectivity index (χ1v) is 7.61. The van der Waals surface area contributed by atoms with Crippen LogP contribution in [0.25, 0.3) is 0 Å². The first-order chi connectivity index (χ1) is 9.99. The number of nitrogens with one attached hydrogen (secondary N) is 1. The number of nitrogens with two attached hydrogens (primary N) is 1. The number of aryl methyl sites for hydroxylation is 4. The molecule has 2 aromatic rings. The standard InChI is InChI=1S/C16H22N4S/c1-5-11-8-7-9-12(6-2)14(11)18-16-13(15(17)21)10(3)19-20(16)4/h7-9,18H,5-6H2,1-4H3,(H2,17,21). The predicted molar refractivity (Wildman–Crippen MR) is 92.3 cm³/mol. The zero-order valence-corrected chi connectivity index (χ0v) is 13.8. The molecule has 0 unspecified atom stereocenters. The van der Waals surface area contributed by atoms with E-state index in [9.17, 15) is 0 Å². The van der Waals surface area contributed by atoms with Crippen molar-refractivity contribution in [2.45, 2.75) is 33.6 Å². The first-order valence-electron chi connectivity index (χ1n) is 7.20. The number of para-hydroxylation sites is 1. The highest BCUT2D eigenvalue weighted by Crippen LogP contribution is 2.29. The fourth-order valence-electron chi connectivity index (χ4n) is 2.62. The van der Waals surface area contributed by atoms with Crippen molar-refractivity contribution in [3.8, 4) is 0 Å². The number of nitrogens with zero attached hydrogens (tertiary/aromatic N) is 2. The van der Waals surface area contributed by atoms with Crippen molar-refractivity contribution in [3.63, 3.8) is 0 Å². The molecular formula is C16H22N4S. The molecule has 0 bridgehead atoms. The largest absolute Gasteiger partial charge is 0.389 e. The van der Waals surface area contributed by atoms with Crippen molar-refractivity contribution in [3.05, 3.63) is 40.6 Å². The molecule has 0 saturated carbocycles. The van der Waals surface area contributed by atoms with E-state index in [4.69, 9.17) is 18.0 Å². The molecule has 1 aromatic heterocycles. The molecule has 0 amide bonds. The minimum atomic E-state index is 0.370. The van der Waals surface area contributed by atoms with E-state index in [1.54, 1.807) is 4.68 Å². The number of anilines is 2. The van der Waals surface area contributed by atoms with Gasteiger partial charge in [-0.25, -0.2) is 0 Å². The van der Waals surface area contributed by atoms with Crippen molar-refractivity contribution in [1.29, 1.82) is 0 Å². The minimum absolute atomic E-state index is 0.370. The van der Waals surface area contributed by atoms with Crippen LogP contribution >= 0.6 is 12.2 Å². The molecule has 21 heavy (non-hydrogen) atoms. The minimum Gasteiger partial charge on any atom is -0.389 e. The maximum atomic E-state index is 5.86. The van der Waals surface area contributed by atoms with Gasteiger partial charge in [0.05, 0.1) is 11.3 Å². The number of thiocarbonyl (C=S) groups is 1. The van der Waals surface area contributed by atoms with E-state index in [0.29, 0.717) is 4.99 Å². The van der Waals surface area contributed by atoms with E-state index in [1.807, 2.05) is 14.0 Å². The lowest BCUT2D eigenvalue weighted by Gasteiger charge is -2.16. The fraction of sp³-hybridized carbons (Fsp3) is 0.375. The molecule has 2 rings (SSSR count). The lowest BCUT2D eigenvalue weighted by molar-refractivity contribution is 0.764. The monoisotopic (exact) mass is 302 g/mol. The van der Waals surface area contributed by atoms with Crippen LogP contribution in [0, 0.1) is 6.92 Å². The summed E-state index contributed by atoms with van der Waals surface area (Å²) in [5, 5.41) is 7.94. The van der Waals surface area contributed by atoms with Gasteiger partial charge >= 0.3 is 0 Å². The highest BCUT2D eigenvalue weighted by atomic mass is 32.1. The van der Waals surface area contributed by atoms with E-state index in [-0.39, 0.29) is 0 Å². The first kappa shape index (κ1) is 15.5. The fourth-order valence-corrected chi connectivity index (χ4v) is 2.86. The number of hydrogen-bond acceptors (Lipinski definition) is 3. The molecule has 0 radical (unpaired) electrons. The van der Waals surface area contributed by atoms with Crippen LogP contribution in [-0.2, 0) is 19.9 Å². The summed E-state index contributed by atoms with van der Waals surface area (Å²) in [6, 6.07) is 6.39. The lowest BCUT2D eigenvalue weighted by atomic mass is 10.0. The van der Waals surface area contributed by atoms with Crippen molar-refractivity contribution >= 4 is 28.7 Å². The zero-order valence-electron chi connectivity index (χ0n) is 13.0. The van der Waals surface area contributed by atoms with E-state index in [0.717, 1.165) is 35.6 Å². The third kappa shape index (κ3) is 2.93. The third-order valence-corrected chi connectivity index (χ3v) is 3.91. The molecule has 0 aliphatic rings. The van der Waals surface area contributed by atoms with Gasteiger partial charge in [0.15, 0.2) is 0 Å². The third-order valence-electron chi connectivity index (χ3n) is 3.71. The van der Waals surface area contributed by atoms with Crippen LogP contribution in [0.1, 0.15) is 36.2 Å². The second-order valence-electron chi connectivity index (χ2n) is 5.08. The summed E-state index contributed by atoms with van der Waals surface area (Å²) in [4.78, 5) is 0.370. The molecule has 1 aromatic carbocycles. The van der Waals surface area contributed by atoms with Gasteiger partial charge in [-0.3, -0.25) is 4.68 Å². The van der Waals surface area contributed by atoms with Crippen molar-refractivity contribution in [1.82, 2.24) is 9.78 Å². The zero-order chi connectivity index (χ0) is 15.6. The van der Waals surface area contributed by atoms with Gasteiger partial charge in [0.1, 0.15) is 10.8 Å². The van der Waals surface area contributed by atoms with E-state index in [2.05, 4.69) is 42.5 Å². The number of rotatable bonds is 5. The van der Waals surface area contributed by atoms with Crippen LogP contribution < -0.4 is 11.1 Å². The molecule has 5 heteroatoms. The molecule has 112 valence electrons. The molecule has 0 saturated heterocycles. The Kier molecular flexibility index (Phi) is 4.63. The summed E-state index contributed by atoms with van der Waals surface area (Å²) >= 11 is 5.17. The highest BCUT2D eigenvalue weighted by Gasteiger charge is 2.17. The second-order valence-corrected chi connectivity index (χ2v) is 5.52. The van der Waals surface area contributed by atoms with E-state index < -0.39 is 0 Å². The van der Waals surface area contributed by atoms with Crippen LogP contribution in [0.3, 0.4) is 0 Å². The van der Waals surface area contributed by atoms with Crippen LogP contribution in [0.4, 0.5) is 11.5 Å². The Morgan fingerprint density at radius 2 is 1.86 bits per heavy atom. The van der Waals surface area contributed by atoms with Gasteiger partial charge in [0.25, 0.3) is 0 Å². The van der Waals surface area contributed by atoms with Crippen LogP contribution in [-0.4, -0.2) is 14.8 Å². The van der Waals surface area contributed by atoms with Crippen LogP contribution in [0.15, 0.2) is 18.2 Å². The average Bonchev–Trinajstić information content (AvgIpc) is 2.73. The summed E-state index contributed by atoms with van der Waals surface area (Å²) in [6.45, 7) is 6.23. The number of hydrogen-bond donors (Lipinski definition) is 2. The number of benzene rings is 1. The maximum Gasteiger partial charge on any atom is 0.138 e. The van der Waals surface area contributed by atoms with E-state index in [1.165, 1.54) is 11.1 Å². The molecule has 1 heterocycles. The van der Waals surface area contributed by atoms with Gasteiger partial charge in [-0.1, -0.05) is 44.3 Å². The van der Waals surface area contributed by atoms with Crippen molar-refractivity contribution in [2.75, 3.05) is 5.32 Å². The Hall–Kier alpha value is -1.88. The number of aromatic nitrogens is 2. The predicted octanol–water partition coefficient (Wildman–Crippen LogP) is 3.23. The topological polar surface area (TPSA) is 55.9 Å². The normalized spacial score (nSPS) is 10.7. The average molecular weight is 302 g/mol. The van der Waals surface area contributed by atoms with Gasteiger partial charge < -0.3 is 11.1 Å². The summed E-state index contributed by atoms with van der Waals surface area (Å²) < 4.78 is 1.80. The molecular weight excluding hydrogens is 280 g/mol. The molecule has 0 aliphatic carbocycles. The molecule has 3 N–H and O–H groups in total. The van der Waals surface area contributed by atoms with Gasteiger partial charge in [-0.2, -0.15) is 5.10 Å². The van der Waals surface area contributed by atoms with E-state index >= 15 is 0 Å². The molecule has 0 spiro atoms. The quantitative estimate of drug-likeness (QED) is 0.833. The molecule has 0 fully saturated rings. The van der Waals surface area contributed by atoms with Crippen molar-refractivity contribution in [2.24, 2.45) is 12.8 Å². The Balaban J connectivity index is 2.55. The summed E-state index contributed by atoms with van der Waals surface area (Å²) in [5.74, 6) is 0.857. The second kappa shape index (κ2) is 6.26. The molecule has 0 aliphatic heterocycles. The van der Waals surface area contributed by atoms with Gasteiger partial charge in [-0.05, 0) is 30.9 Å². The molecule has 4 nitrogen and oxygen atoms in total. The highest BCUT2D eigenvalue weighted by molar-refractivity contribution is 7.80. The smallest absolute Gasteiger partial charge is 0.138 e. The Morgan fingerprint density at radius 1 is 1.29 bits per heavy atom. The Bertz CT molecular complexity index is 651.